The Labute approximate surface area is 99.4 Å². The number of ether oxygens (including phenoxy) is 1. The Kier molecular flexibility index (Phi) is 3.22. The number of H-pyrrole nitrogens is 1. The summed E-state index contributed by atoms with van der Waals surface area (Å²) in [7, 11) is 1.59. The van der Waals surface area contributed by atoms with Crippen LogP contribution in [0, 0.1) is 6.92 Å². The highest BCUT2D eigenvalue weighted by Crippen LogP contribution is 2.17. The Bertz CT molecular complexity index is 483. The van der Waals surface area contributed by atoms with Crippen LogP contribution in [-0.4, -0.2) is 27.3 Å². The molecule has 0 aliphatic rings. The first-order chi connectivity index (χ1) is 8.19. The minimum absolute atomic E-state index is 0.0836. The number of hydrogen-bond acceptors (Lipinski definition) is 5. The molecule has 17 heavy (non-hydrogen) atoms. The van der Waals surface area contributed by atoms with Gasteiger partial charge >= 0.3 is 0 Å². The highest BCUT2D eigenvalue weighted by molar-refractivity contribution is 5.33. The van der Waals surface area contributed by atoms with Crippen molar-refractivity contribution >= 4 is 5.95 Å². The van der Waals surface area contributed by atoms with E-state index in [-0.39, 0.29) is 6.04 Å². The molecule has 0 radical (unpaired) electrons. The van der Waals surface area contributed by atoms with Crippen LogP contribution in [-0.2, 0) is 0 Å². The summed E-state index contributed by atoms with van der Waals surface area (Å²) in [6.07, 6.45) is 3.61. The molecule has 0 aliphatic heterocycles. The third kappa shape index (κ3) is 2.72. The number of aromatic nitrogens is 4. The average Bonchev–Trinajstić information content (AvgIpc) is 2.81. The van der Waals surface area contributed by atoms with E-state index in [1.807, 2.05) is 20.0 Å². The van der Waals surface area contributed by atoms with Crippen molar-refractivity contribution in [3.05, 3.63) is 29.7 Å². The maximum absolute atomic E-state index is 5.10. The number of anilines is 1. The number of nitrogens with one attached hydrogen (secondary N) is 2. The van der Waals surface area contributed by atoms with Crippen LogP contribution in [0.2, 0.25) is 0 Å². The standard InChI is InChI=1S/C11H15N5O/c1-7-4-10(17-3)16-11(14-7)15-8(2)9-5-12-13-6-9/h4-6,8H,1-3H3,(H,12,13)(H,14,15,16). The Balaban J connectivity index is 2.15. The van der Waals surface area contributed by atoms with Gasteiger partial charge in [0.2, 0.25) is 11.8 Å². The monoisotopic (exact) mass is 233 g/mol. The van der Waals surface area contributed by atoms with E-state index >= 15 is 0 Å². The van der Waals surface area contributed by atoms with Crippen molar-refractivity contribution in [2.75, 3.05) is 12.4 Å². The highest BCUT2D eigenvalue weighted by Gasteiger charge is 2.09. The van der Waals surface area contributed by atoms with Gasteiger partial charge in [0.15, 0.2) is 0 Å². The molecule has 0 saturated carbocycles. The topological polar surface area (TPSA) is 75.7 Å². The second kappa shape index (κ2) is 4.82. The van der Waals surface area contributed by atoms with Crippen LogP contribution < -0.4 is 10.1 Å². The van der Waals surface area contributed by atoms with Crippen LogP contribution in [0.15, 0.2) is 18.5 Å². The van der Waals surface area contributed by atoms with Gasteiger partial charge in [0.05, 0.1) is 19.3 Å². The van der Waals surface area contributed by atoms with E-state index in [0.29, 0.717) is 11.8 Å². The Hall–Kier alpha value is -2.11. The Morgan fingerprint density at radius 3 is 2.88 bits per heavy atom. The van der Waals surface area contributed by atoms with Crippen molar-refractivity contribution in [1.82, 2.24) is 20.2 Å². The molecule has 0 aliphatic carbocycles. The van der Waals surface area contributed by atoms with E-state index in [1.165, 1.54) is 0 Å². The molecule has 6 heteroatoms. The number of aromatic amines is 1. The van der Waals surface area contributed by atoms with Gasteiger partial charge in [-0.25, -0.2) is 4.98 Å². The molecule has 1 unspecified atom stereocenters. The third-order valence-corrected chi connectivity index (χ3v) is 2.40. The minimum atomic E-state index is 0.0836. The van der Waals surface area contributed by atoms with E-state index in [0.717, 1.165) is 11.3 Å². The molecule has 0 saturated heterocycles. The predicted molar refractivity (Wildman–Crippen MR) is 63.9 cm³/mol. The second-order valence-electron chi connectivity index (χ2n) is 3.77. The molecular formula is C11H15N5O. The molecule has 0 spiro atoms. The third-order valence-electron chi connectivity index (χ3n) is 2.40. The number of nitrogens with zero attached hydrogens (tertiary/aromatic N) is 3. The maximum atomic E-state index is 5.10. The molecule has 2 aromatic rings. The molecule has 0 bridgehead atoms. The second-order valence-corrected chi connectivity index (χ2v) is 3.77. The van der Waals surface area contributed by atoms with E-state index < -0.39 is 0 Å². The lowest BCUT2D eigenvalue weighted by atomic mass is 10.2. The van der Waals surface area contributed by atoms with E-state index in [9.17, 15) is 0 Å². The van der Waals surface area contributed by atoms with Gasteiger partial charge in [-0.15, -0.1) is 0 Å². The molecule has 1 atom stereocenters. The Morgan fingerprint density at radius 1 is 1.41 bits per heavy atom. The lowest BCUT2D eigenvalue weighted by Crippen LogP contribution is -2.09. The van der Waals surface area contributed by atoms with Gasteiger partial charge in [-0.2, -0.15) is 10.1 Å². The molecule has 2 aromatic heterocycles. The van der Waals surface area contributed by atoms with Crippen molar-refractivity contribution in [3.8, 4) is 5.88 Å². The molecule has 0 amide bonds. The maximum Gasteiger partial charge on any atom is 0.226 e. The zero-order valence-electron chi connectivity index (χ0n) is 10.1. The molecule has 2 heterocycles. The smallest absolute Gasteiger partial charge is 0.226 e. The van der Waals surface area contributed by atoms with Gasteiger partial charge in [-0.3, -0.25) is 5.10 Å². The quantitative estimate of drug-likeness (QED) is 0.840. The van der Waals surface area contributed by atoms with Crippen molar-refractivity contribution in [2.24, 2.45) is 0 Å². The summed E-state index contributed by atoms with van der Waals surface area (Å²) in [5.74, 6) is 1.11. The molecule has 6 nitrogen and oxygen atoms in total. The molecule has 0 aromatic carbocycles. The zero-order valence-corrected chi connectivity index (χ0v) is 10.1. The first kappa shape index (κ1) is 11.4. The summed E-state index contributed by atoms with van der Waals surface area (Å²) < 4.78 is 5.10. The minimum Gasteiger partial charge on any atom is -0.481 e. The first-order valence-electron chi connectivity index (χ1n) is 5.34. The van der Waals surface area contributed by atoms with Crippen LogP contribution in [0.1, 0.15) is 24.2 Å². The van der Waals surface area contributed by atoms with E-state index in [1.54, 1.807) is 19.4 Å². The van der Waals surface area contributed by atoms with Crippen molar-refractivity contribution in [3.63, 3.8) is 0 Å². The van der Waals surface area contributed by atoms with Crippen LogP contribution >= 0.6 is 0 Å². The summed E-state index contributed by atoms with van der Waals surface area (Å²) in [4.78, 5) is 8.53. The van der Waals surface area contributed by atoms with Crippen molar-refractivity contribution in [2.45, 2.75) is 19.9 Å². The van der Waals surface area contributed by atoms with Crippen molar-refractivity contribution in [1.29, 1.82) is 0 Å². The van der Waals surface area contributed by atoms with Crippen LogP contribution in [0.4, 0.5) is 5.95 Å². The number of rotatable bonds is 4. The lowest BCUT2D eigenvalue weighted by Gasteiger charge is -2.12. The number of hydrogen-bond donors (Lipinski definition) is 2. The normalized spacial score (nSPS) is 12.2. The molecule has 2 rings (SSSR count). The van der Waals surface area contributed by atoms with Gasteiger partial charge in [-0.05, 0) is 13.8 Å². The van der Waals surface area contributed by atoms with Crippen LogP contribution in [0.3, 0.4) is 0 Å². The van der Waals surface area contributed by atoms with Crippen LogP contribution in [0.25, 0.3) is 0 Å². The zero-order chi connectivity index (χ0) is 12.3. The largest absolute Gasteiger partial charge is 0.481 e. The van der Waals surface area contributed by atoms with Crippen LogP contribution in [0.5, 0.6) is 5.88 Å². The average molecular weight is 233 g/mol. The molecule has 0 fully saturated rings. The van der Waals surface area contributed by atoms with Gasteiger partial charge in [0.25, 0.3) is 0 Å². The molecule has 90 valence electrons. The van der Waals surface area contributed by atoms with Gasteiger partial charge in [0.1, 0.15) is 0 Å². The lowest BCUT2D eigenvalue weighted by molar-refractivity contribution is 0.397. The van der Waals surface area contributed by atoms with E-state index in [2.05, 4.69) is 25.5 Å². The predicted octanol–water partition coefficient (Wildman–Crippen LogP) is 1.69. The van der Waals surface area contributed by atoms with Gasteiger partial charge in [0, 0.05) is 23.5 Å². The first-order valence-corrected chi connectivity index (χ1v) is 5.34. The summed E-state index contributed by atoms with van der Waals surface area (Å²) in [5, 5.41) is 9.88. The fourth-order valence-corrected chi connectivity index (χ4v) is 1.48. The molecule has 2 N–H and O–H groups in total. The summed E-state index contributed by atoms with van der Waals surface area (Å²) in [5.41, 5.74) is 1.91. The van der Waals surface area contributed by atoms with Gasteiger partial charge < -0.3 is 10.1 Å². The highest BCUT2D eigenvalue weighted by atomic mass is 16.5. The van der Waals surface area contributed by atoms with E-state index in [4.69, 9.17) is 4.74 Å². The fourth-order valence-electron chi connectivity index (χ4n) is 1.48. The van der Waals surface area contributed by atoms with Crippen molar-refractivity contribution < 1.29 is 4.74 Å². The summed E-state index contributed by atoms with van der Waals surface area (Å²) in [6, 6.07) is 1.87. The number of aryl methyl sites for hydroxylation is 1. The fraction of sp³-hybridized carbons (Fsp3) is 0.364. The Morgan fingerprint density at radius 2 is 2.24 bits per heavy atom. The summed E-state index contributed by atoms with van der Waals surface area (Å²) >= 11 is 0. The summed E-state index contributed by atoms with van der Waals surface area (Å²) in [6.45, 7) is 3.92. The number of methoxy groups -OCH3 is 1. The SMILES string of the molecule is COc1cc(C)nc(NC(C)c2cn[nH]c2)n1. The van der Waals surface area contributed by atoms with Gasteiger partial charge in [-0.1, -0.05) is 0 Å². The molecular weight excluding hydrogens is 218 g/mol.